The average Bonchev–Trinajstić information content (AvgIpc) is 3.77. The maximum Gasteiger partial charge on any atom is 0.164 e. The third-order valence-electron chi connectivity index (χ3n) is 12.1. The molecule has 2 aliphatic rings. The van der Waals surface area contributed by atoms with Crippen LogP contribution < -0.4 is 0 Å². The molecule has 0 atom stereocenters. The molecule has 2 aliphatic carbocycles. The average molecular weight is 724 g/mol. The molecule has 0 saturated heterocycles. The van der Waals surface area contributed by atoms with E-state index in [1.54, 1.807) is 0 Å². The maximum absolute atomic E-state index is 5.02. The molecule has 0 unspecified atom stereocenters. The van der Waals surface area contributed by atoms with Crippen molar-refractivity contribution in [3.8, 4) is 67.5 Å². The first-order valence-corrected chi connectivity index (χ1v) is 19.5. The molecule has 9 aromatic carbocycles. The normalized spacial score (nSPS) is 13.1. The molecule has 57 heavy (non-hydrogen) atoms. The van der Waals surface area contributed by atoms with Crippen LogP contribution in [0, 0.1) is 0 Å². The predicted molar refractivity (Wildman–Crippen MR) is 233 cm³/mol. The Bertz CT molecular complexity index is 3120. The molecule has 0 amide bonds. The summed E-state index contributed by atoms with van der Waals surface area (Å²) in [7, 11) is 0. The Labute approximate surface area is 330 Å². The monoisotopic (exact) mass is 723 g/mol. The second-order valence-electron chi connectivity index (χ2n) is 15.1. The molecule has 12 rings (SSSR count). The maximum atomic E-state index is 5.02. The van der Waals surface area contributed by atoms with E-state index in [0.29, 0.717) is 17.5 Å². The van der Waals surface area contributed by atoms with Gasteiger partial charge in [0.2, 0.25) is 0 Å². The van der Waals surface area contributed by atoms with E-state index in [4.69, 9.17) is 15.0 Å². The van der Waals surface area contributed by atoms with E-state index in [1.807, 2.05) is 60.7 Å². The third-order valence-corrected chi connectivity index (χ3v) is 12.1. The first-order valence-electron chi connectivity index (χ1n) is 19.5. The lowest BCUT2D eigenvalue weighted by Gasteiger charge is -2.32. The Hall–Kier alpha value is -7.49. The topological polar surface area (TPSA) is 38.7 Å². The predicted octanol–water partition coefficient (Wildman–Crippen LogP) is 13.2. The summed E-state index contributed by atoms with van der Waals surface area (Å²) in [4.78, 5) is 14.9. The van der Waals surface area contributed by atoms with E-state index in [9.17, 15) is 0 Å². The van der Waals surface area contributed by atoms with Gasteiger partial charge in [-0.25, -0.2) is 15.0 Å². The molecular formula is C54H33N3. The molecule has 1 spiro atoms. The van der Waals surface area contributed by atoms with Gasteiger partial charge < -0.3 is 0 Å². The number of aromatic nitrogens is 3. The van der Waals surface area contributed by atoms with Crippen LogP contribution in [0.15, 0.2) is 200 Å². The highest BCUT2D eigenvalue weighted by molar-refractivity contribution is 6.14. The van der Waals surface area contributed by atoms with E-state index in [2.05, 4.69) is 140 Å². The lowest BCUT2D eigenvalue weighted by Crippen LogP contribution is -2.26. The molecule has 0 fully saturated rings. The van der Waals surface area contributed by atoms with Crippen LogP contribution in [-0.2, 0) is 5.41 Å². The molecule has 0 N–H and O–H groups in total. The smallest absolute Gasteiger partial charge is 0.164 e. The van der Waals surface area contributed by atoms with Crippen LogP contribution in [0.5, 0.6) is 0 Å². The standard InChI is InChI=1S/C54H33N3/c1-3-16-36(17-4-1)51-55-52(37-18-5-2-6-19-37)57-53(56-51)38-29-27-35(28-30-38)45-33-48-49(43-24-10-9-21-40(43)45)44-32-31-34-15-7-8-20-39(34)50(44)54(48)46-25-13-11-22-41(46)42-23-12-14-26-47(42)54/h1-33H. The Kier molecular flexibility index (Phi) is 6.84. The first kappa shape index (κ1) is 31.8. The Morgan fingerprint density at radius 1 is 0.298 bits per heavy atom. The van der Waals surface area contributed by atoms with Crippen LogP contribution in [0.25, 0.3) is 89.1 Å². The van der Waals surface area contributed by atoms with Crippen LogP contribution in [0.2, 0.25) is 0 Å². The van der Waals surface area contributed by atoms with Gasteiger partial charge in [0, 0.05) is 16.7 Å². The molecule has 0 bridgehead atoms. The van der Waals surface area contributed by atoms with Crippen molar-refractivity contribution >= 4 is 21.5 Å². The van der Waals surface area contributed by atoms with Gasteiger partial charge in [-0.3, -0.25) is 0 Å². The van der Waals surface area contributed by atoms with Crippen molar-refractivity contribution in [2.24, 2.45) is 0 Å². The third kappa shape index (κ3) is 4.57. The number of hydrogen-bond donors (Lipinski definition) is 0. The van der Waals surface area contributed by atoms with Crippen molar-refractivity contribution in [3.05, 3.63) is 222 Å². The summed E-state index contributed by atoms with van der Waals surface area (Å²) in [5.74, 6) is 1.96. The van der Waals surface area contributed by atoms with E-state index < -0.39 is 5.41 Å². The fourth-order valence-electron chi connectivity index (χ4n) is 9.75. The van der Waals surface area contributed by atoms with Crippen molar-refractivity contribution in [3.63, 3.8) is 0 Å². The van der Waals surface area contributed by atoms with Crippen LogP contribution in [0.1, 0.15) is 22.3 Å². The van der Waals surface area contributed by atoms with E-state index >= 15 is 0 Å². The summed E-state index contributed by atoms with van der Waals surface area (Å²) in [5.41, 5.74) is 15.4. The van der Waals surface area contributed by atoms with Crippen molar-refractivity contribution in [1.82, 2.24) is 15.0 Å². The molecule has 3 nitrogen and oxygen atoms in total. The molecule has 1 heterocycles. The van der Waals surface area contributed by atoms with Gasteiger partial charge in [0.05, 0.1) is 5.41 Å². The SMILES string of the molecule is c1ccc(-c2nc(-c3ccccc3)nc(-c3ccc(-c4cc5c(c6ccccc46)-c4ccc6ccccc6c4C54c5ccccc5-c5ccccc54)cc3)n2)cc1. The summed E-state index contributed by atoms with van der Waals surface area (Å²) in [6.07, 6.45) is 0. The van der Waals surface area contributed by atoms with Gasteiger partial charge in [0.25, 0.3) is 0 Å². The fraction of sp³-hybridized carbons (Fsp3) is 0.0185. The van der Waals surface area contributed by atoms with Crippen molar-refractivity contribution < 1.29 is 0 Å². The van der Waals surface area contributed by atoms with Gasteiger partial charge in [-0.05, 0) is 83.2 Å². The Balaban J connectivity index is 1.09. The van der Waals surface area contributed by atoms with Gasteiger partial charge in [-0.1, -0.05) is 194 Å². The number of benzene rings is 9. The van der Waals surface area contributed by atoms with Gasteiger partial charge in [-0.2, -0.15) is 0 Å². The van der Waals surface area contributed by atoms with Crippen LogP contribution in [0.3, 0.4) is 0 Å². The summed E-state index contributed by atoms with van der Waals surface area (Å²) >= 11 is 0. The quantitative estimate of drug-likeness (QED) is 0.181. The van der Waals surface area contributed by atoms with Crippen molar-refractivity contribution in [1.29, 1.82) is 0 Å². The van der Waals surface area contributed by atoms with Crippen LogP contribution in [0.4, 0.5) is 0 Å². The molecule has 264 valence electrons. The highest BCUT2D eigenvalue weighted by Gasteiger charge is 2.53. The molecule has 0 radical (unpaired) electrons. The number of nitrogens with zero attached hydrogens (tertiary/aromatic N) is 3. The minimum absolute atomic E-state index is 0.482. The number of hydrogen-bond acceptors (Lipinski definition) is 3. The second-order valence-corrected chi connectivity index (χ2v) is 15.1. The molecule has 10 aromatic rings. The minimum Gasteiger partial charge on any atom is -0.208 e. The number of fused-ring (bicyclic) bond motifs is 14. The zero-order valence-corrected chi connectivity index (χ0v) is 30.9. The second kappa shape index (κ2) is 12.3. The van der Waals surface area contributed by atoms with Gasteiger partial charge >= 0.3 is 0 Å². The highest BCUT2D eigenvalue weighted by Crippen LogP contribution is 2.65. The van der Waals surface area contributed by atoms with E-state index in [1.165, 1.54) is 71.6 Å². The molecule has 3 heteroatoms. The zero-order valence-electron chi connectivity index (χ0n) is 30.9. The lowest BCUT2D eigenvalue weighted by atomic mass is 9.69. The molecule has 0 aliphatic heterocycles. The van der Waals surface area contributed by atoms with E-state index in [-0.39, 0.29) is 0 Å². The van der Waals surface area contributed by atoms with Crippen LogP contribution in [-0.4, -0.2) is 15.0 Å². The molecule has 1 aromatic heterocycles. The first-order chi connectivity index (χ1) is 28.3. The highest BCUT2D eigenvalue weighted by atomic mass is 15.0. The van der Waals surface area contributed by atoms with Crippen molar-refractivity contribution in [2.75, 3.05) is 0 Å². The van der Waals surface area contributed by atoms with Gasteiger partial charge in [0.15, 0.2) is 17.5 Å². The van der Waals surface area contributed by atoms with Gasteiger partial charge in [-0.15, -0.1) is 0 Å². The summed E-state index contributed by atoms with van der Waals surface area (Å²) in [6.45, 7) is 0. The lowest BCUT2D eigenvalue weighted by molar-refractivity contribution is 0.802. The molecule has 0 saturated carbocycles. The Morgan fingerprint density at radius 2 is 0.772 bits per heavy atom. The van der Waals surface area contributed by atoms with Crippen molar-refractivity contribution in [2.45, 2.75) is 5.41 Å². The van der Waals surface area contributed by atoms with E-state index in [0.717, 1.165) is 22.3 Å². The largest absolute Gasteiger partial charge is 0.208 e. The summed E-state index contributed by atoms with van der Waals surface area (Å²) in [6, 6.07) is 72.2. The number of rotatable bonds is 4. The molecular weight excluding hydrogens is 691 g/mol. The fourth-order valence-corrected chi connectivity index (χ4v) is 9.75. The van der Waals surface area contributed by atoms with Gasteiger partial charge in [0.1, 0.15) is 0 Å². The summed E-state index contributed by atoms with van der Waals surface area (Å²) < 4.78 is 0. The van der Waals surface area contributed by atoms with Crippen LogP contribution >= 0.6 is 0 Å². The Morgan fingerprint density at radius 3 is 1.39 bits per heavy atom. The minimum atomic E-state index is -0.482. The zero-order chi connectivity index (χ0) is 37.5. The summed E-state index contributed by atoms with van der Waals surface area (Å²) in [5, 5.41) is 5.06.